The number of nitrogens with two attached hydrogens (primary N) is 1. The lowest BCUT2D eigenvalue weighted by atomic mass is 9.94. The van der Waals surface area contributed by atoms with Crippen LogP contribution in [0.1, 0.15) is 24.1 Å². The van der Waals surface area contributed by atoms with Crippen molar-refractivity contribution in [1.82, 2.24) is 4.98 Å². The lowest BCUT2D eigenvalue weighted by Crippen LogP contribution is -2.17. The van der Waals surface area contributed by atoms with Crippen molar-refractivity contribution in [2.75, 3.05) is 31.5 Å². The second-order valence-corrected chi connectivity index (χ2v) is 8.65. The molecule has 2 rings (SSSR count). The monoisotopic (exact) mass is 398 g/mol. The molecule has 1 aromatic heterocycles. The quantitative estimate of drug-likeness (QED) is 0.734. The highest BCUT2D eigenvalue weighted by Crippen LogP contribution is 2.33. The van der Waals surface area contributed by atoms with Gasteiger partial charge < -0.3 is 15.2 Å². The van der Waals surface area contributed by atoms with Crippen molar-refractivity contribution in [2.24, 2.45) is 0 Å². The third-order valence-electron chi connectivity index (χ3n) is 3.87. The van der Waals surface area contributed by atoms with Crippen LogP contribution < -0.4 is 15.2 Å². The average molecular weight is 399 g/mol. The molecule has 0 bridgehead atoms. The fourth-order valence-electron chi connectivity index (χ4n) is 2.74. The predicted octanol–water partition coefficient (Wildman–Crippen LogP) is 3.10. The van der Waals surface area contributed by atoms with Gasteiger partial charge in [0.05, 0.1) is 35.9 Å². The number of pyridine rings is 1. The first-order valence-corrected chi connectivity index (χ1v) is 10.6. The maximum absolute atomic E-state index is 11.9. The van der Waals surface area contributed by atoms with Crippen molar-refractivity contribution in [3.63, 3.8) is 0 Å². The maximum atomic E-state index is 11.9. The number of hydrogen-bond donors (Lipinski definition) is 1. The van der Waals surface area contributed by atoms with Crippen LogP contribution in [0.3, 0.4) is 0 Å². The first-order valence-electron chi connectivity index (χ1n) is 8.11. The number of nitrogens with zero attached hydrogens (tertiary/aromatic N) is 1. The van der Waals surface area contributed by atoms with E-state index in [1.807, 2.05) is 19.1 Å². The standard InChI is InChI=1S/C18H23ClN2O4S/c1-4-25-18-8-12(5-6-17(18)24-2)13(11-26(3,22)23)7-16-15(20)9-14(19)10-21-16/h5-6,8-10,13H,4,7,11,20H2,1-3H3/t13-/m1/s1. The first kappa shape index (κ1) is 20.3. The first-order chi connectivity index (χ1) is 12.2. The number of nitrogen functional groups attached to an aromatic ring is 1. The van der Waals surface area contributed by atoms with E-state index in [2.05, 4.69) is 4.98 Å². The van der Waals surface area contributed by atoms with Crippen LogP contribution in [0.2, 0.25) is 5.02 Å². The van der Waals surface area contributed by atoms with Gasteiger partial charge in [0.1, 0.15) is 9.84 Å². The minimum atomic E-state index is -3.22. The van der Waals surface area contributed by atoms with E-state index in [9.17, 15) is 8.42 Å². The second kappa shape index (κ2) is 8.60. The summed E-state index contributed by atoms with van der Waals surface area (Å²) in [4.78, 5) is 4.26. The topological polar surface area (TPSA) is 91.5 Å². The summed E-state index contributed by atoms with van der Waals surface area (Å²) in [6, 6.07) is 7.03. The van der Waals surface area contributed by atoms with Crippen LogP contribution >= 0.6 is 11.6 Å². The molecule has 0 fully saturated rings. The van der Waals surface area contributed by atoms with Gasteiger partial charge in [0, 0.05) is 18.4 Å². The SMILES string of the molecule is CCOc1cc([C@H](Cc2ncc(Cl)cc2N)CS(C)(=O)=O)ccc1OC. The van der Waals surface area contributed by atoms with Crippen LogP contribution in [0.5, 0.6) is 11.5 Å². The molecular weight excluding hydrogens is 376 g/mol. The number of benzene rings is 1. The lowest BCUT2D eigenvalue weighted by molar-refractivity contribution is 0.310. The Morgan fingerprint density at radius 3 is 2.58 bits per heavy atom. The van der Waals surface area contributed by atoms with Crippen LogP contribution in [-0.4, -0.2) is 39.1 Å². The van der Waals surface area contributed by atoms with Gasteiger partial charge in [0.25, 0.3) is 0 Å². The van der Waals surface area contributed by atoms with Crippen molar-refractivity contribution in [3.05, 3.63) is 46.7 Å². The Hall–Kier alpha value is -1.99. The third kappa shape index (κ3) is 5.51. The van der Waals surface area contributed by atoms with E-state index in [1.54, 1.807) is 19.2 Å². The van der Waals surface area contributed by atoms with Crippen LogP contribution in [0.4, 0.5) is 5.69 Å². The zero-order valence-electron chi connectivity index (χ0n) is 15.0. The Kier molecular flexibility index (Phi) is 6.72. The molecule has 0 aliphatic heterocycles. The molecule has 8 heteroatoms. The molecule has 2 N–H and O–H groups in total. The Morgan fingerprint density at radius 2 is 2.00 bits per heavy atom. The van der Waals surface area contributed by atoms with Gasteiger partial charge in [-0.3, -0.25) is 4.98 Å². The number of ether oxygens (including phenoxy) is 2. The fourth-order valence-corrected chi connectivity index (χ4v) is 3.95. The second-order valence-electron chi connectivity index (χ2n) is 6.03. The molecule has 1 atom stereocenters. The minimum Gasteiger partial charge on any atom is -0.493 e. The van der Waals surface area contributed by atoms with Crippen molar-refractivity contribution in [3.8, 4) is 11.5 Å². The van der Waals surface area contributed by atoms with E-state index in [1.165, 1.54) is 12.5 Å². The molecule has 0 radical (unpaired) electrons. The fraction of sp³-hybridized carbons (Fsp3) is 0.389. The summed E-state index contributed by atoms with van der Waals surface area (Å²) in [7, 11) is -1.66. The number of aromatic nitrogens is 1. The van der Waals surface area contributed by atoms with Crippen molar-refractivity contribution in [1.29, 1.82) is 0 Å². The van der Waals surface area contributed by atoms with Gasteiger partial charge in [-0.25, -0.2) is 8.42 Å². The Bertz CT molecular complexity index is 871. The molecule has 1 aromatic carbocycles. The van der Waals surface area contributed by atoms with E-state index in [0.717, 1.165) is 5.56 Å². The molecule has 0 spiro atoms. The summed E-state index contributed by atoms with van der Waals surface area (Å²) in [5.41, 5.74) is 7.86. The average Bonchev–Trinajstić information content (AvgIpc) is 2.55. The number of sulfone groups is 1. The smallest absolute Gasteiger partial charge is 0.161 e. The lowest BCUT2D eigenvalue weighted by Gasteiger charge is -2.19. The normalized spacial score (nSPS) is 12.6. The highest BCUT2D eigenvalue weighted by molar-refractivity contribution is 7.90. The van der Waals surface area contributed by atoms with Gasteiger partial charge in [-0.05, 0) is 37.1 Å². The summed E-state index contributed by atoms with van der Waals surface area (Å²) in [6.45, 7) is 2.35. The van der Waals surface area contributed by atoms with Crippen LogP contribution in [0, 0.1) is 0 Å². The van der Waals surface area contributed by atoms with Gasteiger partial charge in [0.2, 0.25) is 0 Å². The zero-order valence-corrected chi connectivity index (χ0v) is 16.6. The minimum absolute atomic E-state index is 0.0331. The van der Waals surface area contributed by atoms with E-state index in [4.69, 9.17) is 26.8 Å². The molecule has 0 aliphatic rings. The van der Waals surface area contributed by atoms with E-state index in [0.29, 0.717) is 40.9 Å². The molecule has 0 unspecified atom stereocenters. The molecule has 0 saturated heterocycles. The van der Waals surface area contributed by atoms with E-state index >= 15 is 0 Å². The number of anilines is 1. The van der Waals surface area contributed by atoms with Crippen LogP contribution in [0.25, 0.3) is 0 Å². The van der Waals surface area contributed by atoms with Gasteiger partial charge in [0.15, 0.2) is 11.5 Å². The summed E-state index contributed by atoms with van der Waals surface area (Å²) in [6.07, 6.45) is 3.09. The van der Waals surface area contributed by atoms with Gasteiger partial charge in [-0.2, -0.15) is 0 Å². The molecule has 2 aromatic rings. The van der Waals surface area contributed by atoms with Gasteiger partial charge in [-0.1, -0.05) is 17.7 Å². The number of halogens is 1. The van der Waals surface area contributed by atoms with Crippen molar-refractivity contribution in [2.45, 2.75) is 19.3 Å². The maximum Gasteiger partial charge on any atom is 0.161 e. The molecule has 142 valence electrons. The Labute approximate surface area is 159 Å². The molecule has 0 amide bonds. The molecule has 0 saturated carbocycles. The zero-order chi connectivity index (χ0) is 19.3. The molecule has 26 heavy (non-hydrogen) atoms. The predicted molar refractivity (Wildman–Crippen MR) is 104 cm³/mol. The summed E-state index contributed by atoms with van der Waals surface area (Å²) < 4.78 is 34.8. The molecular formula is C18H23ClN2O4S. The van der Waals surface area contributed by atoms with E-state index in [-0.39, 0.29) is 11.7 Å². The summed E-state index contributed by atoms with van der Waals surface area (Å²) >= 11 is 5.90. The van der Waals surface area contributed by atoms with E-state index < -0.39 is 9.84 Å². The summed E-state index contributed by atoms with van der Waals surface area (Å²) in [5, 5.41) is 0.439. The summed E-state index contributed by atoms with van der Waals surface area (Å²) in [5.74, 6) is 0.807. The largest absolute Gasteiger partial charge is 0.493 e. The van der Waals surface area contributed by atoms with Crippen LogP contribution in [0.15, 0.2) is 30.5 Å². The molecule has 6 nitrogen and oxygen atoms in total. The van der Waals surface area contributed by atoms with Crippen molar-refractivity contribution >= 4 is 27.1 Å². The van der Waals surface area contributed by atoms with Crippen molar-refractivity contribution < 1.29 is 17.9 Å². The highest BCUT2D eigenvalue weighted by atomic mass is 35.5. The molecule has 0 aliphatic carbocycles. The Morgan fingerprint density at radius 1 is 1.27 bits per heavy atom. The van der Waals surface area contributed by atoms with Crippen LogP contribution in [-0.2, 0) is 16.3 Å². The number of hydrogen-bond acceptors (Lipinski definition) is 6. The van der Waals surface area contributed by atoms with Gasteiger partial charge in [-0.15, -0.1) is 0 Å². The number of methoxy groups -OCH3 is 1. The number of rotatable bonds is 8. The third-order valence-corrected chi connectivity index (χ3v) is 5.09. The Balaban J connectivity index is 2.42. The highest BCUT2D eigenvalue weighted by Gasteiger charge is 2.21. The molecule has 1 heterocycles. The van der Waals surface area contributed by atoms with Gasteiger partial charge >= 0.3 is 0 Å².